The quantitative estimate of drug-likeness (QED) is 0.665. The van der Waals surface area contributed by atoms with Crippen molar-refractivity contribution in [3.05, 3.63) is 12.2 Å². The van der Waals surface area contributed by atoms with Gasteiger partial charge in [0.2, 0.25) is 0 Å². The molecular weight excluding hydrogens is 164 g/mol. The minimum Gasteiger partial charge on any atom is -0.389 e. The first-order valence-corrected chi connectivity index (χ1v) is 4.85. The fourth-order valence-electron chi connectivity index (χ4n) is 1.12. The number of hydrogen-bond donors (Lipinski definition) is 1. The summed E-state index contributed by atoms with van der Waals surface area (Å²) >= 11 is 0. The molecule has 0 heterocycles. The Morgan fingerprint density at radius 1 is 1.46 bits per heavy atom. The fraction of sp³-hybridized carbons (Fsp3) is 0.727. The molecule has 0 aromatic heterocycles. The Bertz CT molecular complexity index is 185. The Morgan fingerprint density at radius 2 is 2.00 bits per heavy atom. The predicted molar refractivity (Wildman–Crippen MR) is 54.4 cm³/mol. The van der Waals surface area contributed by atoms with Gasteiger partial charge in [-0.3, -0.25) is 4.79 Å². The first-order chi connectivity index (χ1) is 5.99. The maximum absolute atomic E-state index is 10.6. The molecule has 0 aliphatic carbocycles. The number of hydrogen-bond acceptors (Lipinski definition) is 2. The highest BCUT2D eigenvalue weighted by atomic mass is 16.3. The molecule has 0 bridgehead atoms. The molecule has 0 saturated carbocycles. The summed E-state index contributed by atoms with van der Waals surface area (Å²) < 4.78 is 0. The van der Waals surface area contributed by atoms with Crippen LogP contribution in [0.3, 0.4) is 0 Å². The van der Waals surface area contributed by atoms with E-state index in [2.05, 4.69) is 13.8 Å². The van der Waals surface area contributed by atoms with Crippen molar-refractivity contribution in [1.29, 1.82) is 0 Å². The Hall–Kier alpha value is -0.630. The molecule has 0 aliphatic rings. The van der Waals surface area contributed by atoms with Crippen LogP contribution in [0.1, 0.15) is 34.1 Å². The standard InChI is InChI=1S/C11H20O2/c1-5-8(2)10(4)11(13)7-6-9(3)12/h6-8,10-11,13H,5H2,1-4H3/b7-6+. The molecule has 1 N–H and O–H groups in total. The predicted octanol–water partition coefficient (Wildman–Crippen LogP) is 2.17. The van der Waals surface area contributed by atoms with Crippen LogP contribution in [0.25, 0.3) is 0 Å². The van der Waals surface area contributed by atoms with Gasteiger partial charge in [-0.2, -0.15) is 0 Å². The number of allylic oxidation sites excluding steroid dienone is 1. The maximum Gasteiger partial charge on any atom is 0.152 e. The Labute approximate surface area is 80.7 Å². The van der Waals surface area contributed by atoms with Gasteiger partial charge in [-0.15, -0.1) is 0 Å². The van der Waals surface area contributed by atoms with Crippen LogP contribution in [0, 0.1) is 11.8 Å². The van der Waals surface area contributed by atoms with Crippen LogP contribution < -0.4 is 0 Å². The highest BCUT2D eigenvalue weighted by molar-refractivity contribution is 5.87. The minimum atomic E-state index is -0.501. The van der Waals surface area contributed by atoms with Gasteiger partial charge in [0.15, 0.2) is 5.78 Å². The van der Waals surface area contributed by atoms with E-state index in [0.717, 1.165) is 6.42 Å². The Kier molecular flexibility index (Phi) is 5.63. The summed E-state index contributed by atoms with van der Waals surface area (Å²) in [6.45, 7) is 7.69. The average Bonchev–Trinajstić information content (AvgIpc) is 2.11. The molecule has 3 unspecified atom stereocenters. The summed E-state index contributed by atoms with van der Waals surface area (Å²) in [5, 5.41) is 9.63. The minimum absolute atomic E-state index is 0.0181. The lowest BCUT2D eigenvalue weighted by atomic mass is 9.88. The topological polar surface area (TPSA) is 37.3 Å². The van der Waals surface area contributed by atoms with Crippen molar-refractivity contribution < 1.29 is 9.90 Å². The summed E-state index contributed by atoms with van der Waals surface area (Å²) in [6, 6.07) is 0. The molecule has 2 nitrogen and oxygen atoms in total. The summed E-state index contributed by atoms with van der Waals surface area (Å²) in [6.07, 6.45) is 3.56. The molecule has 0 amide bonds. The van der Waals surface area contributed by atoms with Crippen LogP contribution >= 0.6 is 0 Å². The monoisotopic (exact) mass is 184 g/mol. The molecule has 0 aromatic carbocycles. The number of aliphatic hydroxyl groups is 1. The molecule has 2 heteroatoms. The van der Waals surface area contributed by atoms with Gasteiger partial charge in [-0.05, 0) is 24.8 Å². The van der Waals surface area contributed by atoms with E-state index < -0.39 is 6.10 Å². The normalized spacial score (nSPS) is 18.5. The van der Waals surface area contributed by atoms with Crippen LogP contribution in [0.2, 0.25) is 0 Å². The highest BCUT2D eigenvalue weighted by Gasteiger charge is 2.16. The first kappa shape index (κ1) is 12.4. The van der Waals surface area contributed by atoms with Crippen LogP contribution in [-0.4, -0.2) is 17.0 Å². The number of rotatable bonds is 5. The zero-order valence-electron chi connectivity index (χ0n) is 8.95. The summed E-state index contributed by atoms with van der Waals surface area (Å²) in [5.74, 6) is 0.669. The molecule has 0 aromatic rings. The molecular formula is C11H20O2. The van der Waals surface area contributed by atoms with Crippen LogP contribution in [0.15, 0.2) is 12.2 Å². The molecule has 0 saturated heterocycles. The van der Waals surface area contributed by atoms with E-state index in [1.54, 1.807) is 6.08 Å². The lowest BCUT2D eigenvalue weighted by molar-refractivity contribution is -0.112. The molecule has 3 atom stereocenters. The molecule has 0 spiro atoms. The van der Waals surface area contributed by atoms with Crippen molar-refractivity contribution in [3.8, 4) is 0 Å². The zero-order chi connectivity index (χ0) is 10.4. The molecule has 0 aliphatic heterocycles. The SMILES string of the molecule is CCC(C)C(C)C(O)/C=C/C(C)=O. The second-order valence-corrected chi connectivity index (χ2v) is 3.71. The molecule has 76 valence electrons. The Morgan fingerprint density at radius 3 is 2.38 bits per heavy atom. The van der Waals surface area contributed by atoms with E-state index in [1.165, 1.54) is 13.0 Å². The summed E-state index contributed by atoms with van der Waals surface area (Å²) in [7, 11) is 0. The third-order valence-electron chi connectivity index (χ3n) is 2.61. The van der Waals surface area contributed by atoms with Gasteiger partial charge < -0.3 is 5.11 Å². The van der Waals surface area contributed by atoms with Crippen molar-refractivity contribution >= 4 is 5.78 Å². The second kappa shape index (κ2) is 5.92. The van der Waals surface area contributed by atoms with E-state index in [1.807, 2.05) is 6.92 Å². The zero-order valence-corrected chi connectivity index (χ0v) is 8.95. The van der Waals surface area contributed by atoms with Crippen LogP contribution in [0.4, 0.5) is 0 Å². The van der Waals surface area contributed by atoms with E-state index in [9.17, 15) is 9.90 Å². The number of carbonyl (C=O) groups excluding carboxylic acids is 1. The van der Waals surface area contributed by atoms with Gasteiger partial charge in [0, 0.05) is 0 Å². The highest BCUT2D eigenvalue weighted by Crippen LogP contribution is 2.18. The number of aliphatic hydroxyl groups excluding tert-OH is 1. The second-order valence-electron chi connectivity index (χ2n) is 3.71. The van der Waals surface area contributed by atoms with Gasteiger partial charge in [0.05, 0.1) is 6.10 Å². The van der Waals surface area contributed by atoms with E-state index in [0.29, 0.717) is 5.92 Å². The molecule has 0 radical (unpaired) electrons. The Balaban J connectivity index is 4.09. The average molecular weight is 184 g/mol. The van der Waals surface area contributed by atoms with Crippen molar-refractivity contribution in [1.82, 2.24) is 0 Å². The van der Waals surface area contributed by atoms with Gasteiger partial charge >= 0.3 is 0 Å². The van der Waals surface area contributed by atoms with Crippen LogP contribution in [-0.2, 0) is 4.79 Å². The lowest BCUT2D eigenvalue weighted by Crippen LogP contribution is -2.21. The lowest BCUT2D eigenvalue weighted by Gasteiger charge is -2.21. The third-order valence-corrected chi connectivity index (χ3v) is 2.61. The van der Waals surface area contributed by atoms with Gasteiger partial charge in [0.25, 0.3) is 0 Å². The number of carbonyl (C=O) groups is 1. The van der Waals surface area contributed by atoms with E-state index in [4.69, 9.17) is 0 Å². The van der Waals surface area contributed by atoms with Gasteiger partial charge in [-0.25, -0.2) is 0 Å². The van der Waals surface area contributed by atoms with Crippen molar-refractivity contribution in [2.24, 2.45) is 11.8 Å². The van der Waals surface area contributed by atoms with E-state index >= 15 is 0 Å². The maximum atomic E-state index is 10.6. The first-order valence-electron chi connectivity index (χ1n) is 4.85. The largest absolute Gasteiger partial charge is 0.389 e. The smallest absolute Gasteiger partial charge is 0.152 e. The molecule has 0 fully saturated rings. The van der Waals surface area contributed by atoms with Gasteiger partial charge in [0.1, 0.15) is 0 Å². The third kappa shape index (κ3) is 4.83. The molecule has 0 rings (SSSR count). The molecule has 13 heavy (non-hydrogen) atoms. The van der Waals surface area contributed by atoms with Gasteiger partial charge in [-0.1, -0.05) is 33.3 Å². The van der Waals surface area contributed by atoms with Crippen molar-refractivity contribution in [3.63, 3.8) is 0 Å². The van der Waals surface area contributed by atoms with Crippen LogP contribution in [0.5, 0.6) is 0 Å². The van der Waals surface area contributed by atoms with Crippen molar-refractivity contribution in [2.75, 3.05) is 0 Å². The van der Waals surface area contributed by atoms with E-state index in [-0.39, 0.29) is 11.7 Å². The summed E-state index contributed by atoms with van der Waals surface area (Å²) in [5.41, 5.74) is 0. The number of ketones is 1. The van der Waals surface area contributed by atoms with Crippen molar-refractivity contribution in [2.45, 2.75) is 40.2 Å². The summed E-state index contributed by atoms with van der Waals surface area (Å²) in [4.78, 5) is 10.6. The fourth-order valence-corrected chi connectivity index (χ4v) is 1.12.